The van der Waals surface area contributed by atoms with Crippen LogP contribution in [0.4, 0.5) is 0 Å². The lowest BCUT2D eigenvalue weighted by atomic mass is 10.0. The van der Waals surface area contributed by atoms with Crippen molar-refractivity contribution in [3.05, 3.63) is 35.9 Å². The standard InChI is InChI=1S/C15H22N2O2/c1-12(14-7-8-19-11-14)16-10-15(18)17-9-13-5-3-2-4-6-13/h2-6,12,14,16H,7-11H2,1H3,(H,17,18). The van der Waals surface area contributed by atoms with E-state index in [9.17, 15) is 4.79 Å². The number of hydrogen-bond donors (Lipinski definition) is 2. The molecule has 1 fully saturated rings. The zero-order valence-electron chi connectivity index (χ0n) is 11.4. The highest BCUT2D eigenvalue weighted by atomic mass is 16.5. The monoisotopic (exact) mass is 262 g/mol. The summed E-state index contributed by atoms with van der Waals surface area (Å²) in [5.74, 6) is 0.566. The zero-order chi connectivity index (χ0) is 13.5. The van der Waals surface area contributed by atoms with Gasteiger partial charge in [-0.15, -0.1) is 0 Å². The van der Waals surface area contributed by atoms with Gasteiger partial charge in [0.05, 0.1) is 13.2 Å². The molecule has 1 aliphatic rings. The molecule has 0 aliphatic carbocycles. The van der Waals surface area contributed by atoms with Crippen LogP contribution in [-0.2, 0) is 16.1 Å². The Morgan fingerprint density at radius 2 is 2.21 bits per heavy atom. The van der Waals surface area contributed by atoms with Crippen molar-refractivity contribution in [1.82, 2.24) is 10.6 Å². The Bertz CT molecular complexity index is 388. The molecule has 1 aromatic rings. The summed E-state index contributed by atoms with van der Waals surface area (Å²) in [7, 11) is 0. The van der Waals surface area contributed by atoms with Crippen LogP contribution < -0.4 is 10.6 Å². The molecule has 0 bridgehead atoms. The first kappa shape index (κ1) is 14.0. The van der Waals surface area contributed by atoms with Crippen molar-refractivity contribution in [2.45, 2.75) is 25.9 Å². The molecular formula is C15H22N2O2. The molecule has 2 atom stereocenters. The van der Waals surface area contributed by atoms with E-state index in [1.165, 1.54) is 0 Å². The molecular weight excluding hydrogens is 240 g/mol. The molecule has 2 unspecified atom stereocenters. The average molecular weight is 262 g/mol. The molecule has 0 saturated carbocycles. The lowest BCUT2D eigenvalue weighted by Crippen LogP contribution is -2.41. The fourth-order valence-electron chi connectivity index (χ4n) is 2.23. The summed E-state index contributed by atoms with van der Waals surface area (Å²) in [5, 5.41) is 6.18. The highest BCUT2D eigenvalue weighted by molar-refractivity contribution is 5.78. The Morgan fingerprint density at radius 3 is 2.89 bits per heavy atom. The number of amides is 1. The van der Waals surface area contributed by atoms with Crippen molar-refractivity contribution in [3.8, 4) is 0 Å². The molecule has 19 heavy (non-hydrogen) atoms. The number of hydrogen-bond acceptors (Lipinski definition) is 3. The van der Waals surface area contributed by atoms with Crippen molar-refractivity contribution in [3.63, 3.8) is 0 Å². The van der Waals surface area contributed by atoms with Crippen LogP contribution in [0.5, 0.6) is 0 Å². The van der Waals surface area contributed by atoms with E-state index in [0.29, 0.717) is 25.0 Å². The number of carbonyl (C=O) groups excluding carboxylic acids is 1. The topological polar surface area (TPSA) is 50.4 Å². The van der Waals surface area contributed by atoms with Crippen LogP contribution in [0.15, 0.2) is 30.3 Å². The first-order valence-electron chi connectivity index (χ1n) is 6.87. The minimum absolute atomic E-state index is 0.0367. The molecule has 1 heterocycles. The quantitative estimate of drug-likeness (QED) is 0.813. The van der Waals surface area contributed by atoms with E-state index < -0.39 is 0 Å². The van der Waals surface area contributed by atoms with Crippen LogP contribution in [0.2, 0.25) is 0 Å². The Kier molecular flexibility index (Phi) is 5.36. The summed E-state index contributed by atoms with van der Waals surface area (Å²) in [5.41, 5.74) is 1.12. The van der Waals surface area contributed by atoms with Gasteiger partial charge in [-0.1, -0.05) is 30.3 Å². The van der Waals surface area contributed by atoms with Crippen LogP contribution in [0, 0.1) is 5.92 Å². The number of rotatable bonds is 6. The van der Waals surface area contributed by atoms with Gasteiger partial charge >= 0.3 is 0 Å². The summed E-state index contributed by atoms with van der Waals surface area (Å²) < 4.78 is 5.35. The lowest BCUT2D eigenvalue weighted by molar-refractivity contribution is -0.120. The van der Waals surface area contributed by atoms with E-state index in [1.807, 2.05) is 30.3 Å². The van der Waals surface area contributed by atoms with Gasteiger partial charge in [0.15, 0.2) is 0 Å². The fourth-order valence-corrected chi connectivity index (χ4v) is 2.23. The molecule has 2 rings (SSSR count). The molecule has 104 valence electrons. The Labute approximate surface area is 114 Å². The van der Waals surface area contributed by atoms with E-state index in [2.05, 4.69) is 17.6 Å². The van der Waals surface area contributed by atoms with Crippen molar-refractivity contribution in [2.24, 2.45) is 5.92 Å². The molecule has 0 spiro atoms. The van der Waals surface area contributed by atoms with Crippen molar-refractivity contribution < 1.29 is 9.53 Å². The highest BCUT2D eigenvalue weighted by Crippen LogP contribution is 2.15. The second-order valence-corrected chi connectivity index (χ2v) is 5.06. The van der Waals surface area contributed by atoms with Crippen LogP contribution in [0.1, 0.15) is 18.9 Å². The second kappa shape index (κ2) is 7.26. The van der Waals surface area contributed by atoms with Gasteiger partial charge < -0.3 is 15.4 Å². The summed E-state index contributed by atoms with van der Waals surface area (Å²) in [6.07, 6.45) is 1.08. The van der Waals surface area contributed by atoms with Crippen LogP contribution >= 0.6 is 0 Å². The van der Waals surface area contributed by atoms with Crippen LogP contribution in [0.3, 0.4) is 0 Å². The van der Waals surface area contributed by atoms with E-state index >= 15 is 0 Å². The molecule has 2 N–H and O–H groups in total. The molecule has 4 nitrogen and oxygen atoms in total. The summed E-state index contributed by atoms with van der Waals surface area (Å²) in [4.78, 5) is 11.7. The molecule has 1 saturated heterocycles. The Hall–Kier alpha value is -1.39. The molecule has 0 aromatic heterocycles. The average Bonchev–Trinajstić information content (AvgIpc) is 2.98. The van der Waals surface area contributed by atoms with Gasteiger partial charge in [0.2, 0.25) is 5.91 Å². The first-order valence-corrected chi connectivity index (χ1v) is 6.87. The summed E-state index contributed by atoms with van der Waals surface area (Å²) >= 11 is 0. The third kappa shape index (κ3) is 4.65. The number of nitrogens with one attached hydrogen (secondary N) is 2. The van der Waals surface area contributed by atoms with Crippen molar-refractivity contribution >= 4 is 5.91 Å². The number of carbonyl (C=O) groups is 1. The first-order chi connectivity index (χ1) is 9.25. The van der Waals surface area contributed by atoms with Crippen LogP contribution in [0.25, 0.3) is 0 Å². The van der Waals surface area contributed by atoms with Gasteiger partial charge in [-0.25, -0.2) is 0 Å². The molecule has 1 amide bonds. The van der Waals surface area contributed by atoms with Gasteiger partial charge in [0.1, 0.15) is 0 Å². The highest BCUT2D eigenvalue weighted by Gasteiger charge is 2.22. The maximum atomic E-state index is 11.7. The largest absolute Gasteiger partial charge is 0.381 e. The second-order valence-electron chi connectivity index (χ2n) is 5.06. The summed E-state index contributed by atoms with van der Waals surface area (Å²) in [6, 6.07) is 10.3. The number of benzene rings is 1. The Balaban J connectivity index is 1.64. The van der Waals surface area contributed by atoms with Gasteiger partial charge in [-0.3, -0.25) is 4.79 Å². The summed E-state index contributed by atoms with van der Waals surface area (Å²) in [6.45, 7) is 4.72. The van der Waals surface area contributed by atoms with E-state index in [4.69, 9.17) is 4.74 Å². The van der Waals surface area contributed by atoms with E-state index in [1.54, 1.807) is 0 Å². The lowest BCUT2D eigenvalue weighted by Gasteiger charge is -2.18. The van der Waals surface area contributed by atoms with E-state index in [0.717, 1.165) is 25.2 Å². The van der Waals surface area contributed by atoms with Gasteiger partial charge in [-0.2, -0.15) is 0 Å². The van der Waals surface area contributed by atoms with Gasteiger partial charge in [0, 0.05) is 19.2 Å². The SMILES string of the molecule is CC(NCC(=O)NCc1ccccc1)C1CCOC1. The fraction of sp³-hybridized carbons (Fsp3) is 0.533. The van der Waals surface area contributed by atoms with Crippen molar-refractivity contribution in [1.29, 1.82) is 0 Å². The maximum Gasteiger partial charge on any atom is 0.234 e. The predicted octanol–water partition coefficient (Wildman–Crippen LogP) is 1.32. The number of ether oxygens (including phenoxy) is 1. The minimum Gasteiger partial charge on any atom is -0.381 e. The van der Waals surface area contributed by atoms with Gasteiger partial charge in [-0.05, 0) is 24.8 Å². The molecule has 4 heteroatoms. The normalized spacial score (nSPS) is 20.2. The smallest absolute Gasteiger partial charge is 0.234 e. The third-order valence-corrected chi connectivity index (χ3v) is 3.59. The molecule has 1 aromatic carbocycles. The Morgan fingerprint density at radius 1 is 1.42 bits per heavy atom. The van der Waals surface area contributed by atoms with Crippen LogP contribution in [-0.4, -0.2) is 31.7 Å². The zero-order valence-corrected chi connectivity index (χ0v) is 11.4. The van der Waals surface area contributed by atoms with Crippen molar-refractivity contribution in [2.75, 3.05) is 19.8 Å². The maximum absolute atomic E-state index is 11.7. The minimum atomic E-state index is 0.0367. The predicted molar refractivity (Wildman–Crippen MR) is 74.7 cm³/mol. The van der Waals surface area contributed by atoms with E-state index in [-0.39, 0.29) is 5.91 Å². The molecule has 1 aliphatic heterocycles. The van der Waals surface area contributed by atoms with Gasteiger partial charge in [0.25, 0.3) is 0 Å². The third-order valence-electron chi connectivity index (χ3n) is 3.59. The molecule has 0 radical (unpaired) electrons.